The van der Waals surface area contributed by atoms with Crippen molar-refractivity contribution in [2.24, 2.45) is 0 Å². The molecule has 1 aliphatic heterocycles. The summed E-state index contributed by atoms with van der Waals surface area (Å²) in [6.45, 7) is 3.89. The van der Waals surface area contributed by atoms with Crippen molar-refractivity contribution in [3.05, 3.63) is 57.7 Å². The molecule has 2 heterocycles. The van der Waals surface area contributed by atoms with Crippen LogP contribution in [0.3, 0.4) is 0 Å². The molecule has 0 radical (unpaired) electrons. The summed E-state index contributed by atoms with van der Waals surface area (Å²) in [5.41, 5.74) is 0.578. The highest BCUT2D eigenvalue weighted by atomic mass is 79.9. The van der Waals surface area contributed by atoms with E-state index in [1.165, 1.54) is 4.90 Å². The van der Waals surface area contributed by atoms with Crippen LogP contribution in [-0.2, 0) is 0 Å². The van der Waals surface area contributed by atoms with Crippen LogP contribution in [0.15, 0.2) is 34.9 Å². The topological polar surface area (TPSA) is 36.4 Å². The predicted octanol–water partition coefficient (Wildman–Crippen LogP) is 3.39. The number of aryl methyl sites for hydroxylation is 1. The lowest BCUT2D eigenvalue weighted by Gasteiger charge is -2.35. The monoisotopic (exact) mass is 395 g/mol. The van der Waals surface area contributed by atoms with Crippen molar-refractivity contribution in [2.75, 3.05) is 31.1 Å². The predicted molar refractivity (Wildman–Crippen MR) is 91.1 cm³/mol. The second-order valence-corrected chi connectivity index (χ2v) is 6.63. The average Bonchev–Trinajstić information content (AvgIpc) is 2.54. The summed E-state index contributed by atoms with van der Waals surface area (Å²) in [5.74, 6) is -1.48. The Hall–Kier alpha value is -2.02. The molecule has 0 N–H and O–H groups in total. The number of carbonyl (C=O) groups is 1. The lowest BCUT2D eigenvalue weighted by Crippen LogP contribution is -2.49. The normalized spacial score (nSPS) is 14.8. The zero-order valence-electron chi connectivity index (χ0n) is 13.1. The van der Waals surface area contributed by atoms with Crippen LogP contribution < -0.4 is 4.90 Å². The van der Waals surface area contributed by atoms with Crippen molar-refractivity contribution in [3.8, 4) is 0 Å². The highest BCUT2D eigenvalue weighted by molar-refractivity contribution is 9.10. The number of carbonyl (C=O) groups excluding carboxylic acids is 1. The minimum atomic E-state index is -0.852. The fourth-order valence-corrected chi connectivity index (χ4v) is 3.09. The van der Waals surface area contributed by atoms with Gasteiger partial charge in [-0.05, 0) is 30.7 Å². The number of hydrogen-bond donors (Lipinski definition) is 0. The number of piperazine rings is 1. The summed E-state index contributed by atoms with van der Waals surface area (Å²) in [6, 6.07) is 6.11. The third kappa shape index (κ3) is 3.40. The molecule has 0 spiro atoms. The zero-order valence-corrected chi connectivity index (χ0v) is 14.7. The molecule has 0 atom stereocenters. The van der Waals surface area contributed by atoms with Crippen LogP contribution in [0, 0.1) is 18.6 Å². The largest absolute Gasteiger partial charge is 0.353 e. The van der Waals surface area contributed by atoms with Crippen LogP contribution >= 0.6 is 15.9 Å². The number of pyridine rings is 1. The molecule has 24 heavy (non-hydrogen) atoms. The first-order valence-corrected chi connectivity index (χ1v) is 8.36. The fourth-order valence-electron chi connectivity index (χ4n) is 2.69. The first kappa shape index (κ1) is 16.8. The van der Waals surface area contributed by atoms with Crippen LogP contribution in [0.1, 0.15) is 15.9 Å². The molecule has 2 aromatic rings. The quantitative estimate of drug-likeness (QED) is 0.781. The number of benzene rings is 1. The molecule has 7 heteroatoms. The summed E-state index contributed by atoms with van der Waals surface area (Å²) >= 11 is 3.01. The smallest absolute Gasteiger partial charge is 0.259 e. The second-order valence-electron chi connectivity index (χ2n) is 5.72. The minimum absolute atomic E-state index is 0.268. The Kier molecular flexibility index (Phi) is 4.80. The molecule has 1 fully saturated rings. The van der Waals surface area contributed by atoms with Gasteiger partial charge in [-0.25, -0.2) is 13.8 Å². The zero-order chi connectivity index (χ0) is 17.3. The molecule has 126 valence electrons. The maximum absolute atomic E-state index is 14.0. The van der Waals surface area contributed by atoms with Crippen molar-refractivity contribution in [1.29, 1.82) is 0 Å². The van der Waals surface area contributed by atoms with E-state index in [2.05, 4.69) is 25.8 Å². The Morgan fingerprint density at radius 1 is 1.12 bits per heavy atom. The molecule has 1 aliphatic rings. The molecule has 1 aromatic heterocycles. The maximum atomic E-state index is 14.0. The van der Waals surface area contributed by atoms with Gasteiger partial charge >= 0.3 is 0 Å². The molecular weight excluding hydrogens is 380 g/mol. The lowest BCUT2D eigenvalue weighted by molar-refractivity contribution is 0.0736. The van der Waals surface area contributed by atoms with E-state index in [4.69, 9.17) is 0 Å². The molecule has 4 nitrogen and oxygen atoms in total. The van der Waals surface area contributed by atoms with Gasteiger partial charge in [0.2, 0.25) is 0 Å². The van der Waals surface area contributed by atoms with Gasteiger partial charge < -0.3 is 9.80 Å². The van der Waals surface area contributed by atoms with Crippen molar-refractivity contribution >= 4 is 27.7 Å². The van der Waals surface area contributed by atoms with E-state index in [0.29, 0.717) is 26.2 Å². The SMILES string of the molecule is Cc1ccc(N2CCN(C(=O)c3c(F)cc(Br)cc3F)CC2)nc1. The van der Waals surface area contributed by atoms with Gasteiger partial charge in [0.05, 0.1) is 0 Å². The van der Waals surface area contributed by atoms with Gasteiger partial charge in [-0.15, -0.1) is 0 Å². The Morgan fingerprint density at radius 3 is 2.29 bits per heavy atom. The third-order valence-corrected chi connectivity index (χ3v) is 4.47. The molecular formula is C17H16BrF2N3O. The summed E-state index contributed by atoms with van der Waals surface area (Å²) in [6.07, 6.45) is 1.79. The van der Waals surface area contributed by atoms with Crippen molar-refractivity contribution < 1.29 is 13.6 Å². The average molecular weight is 396 g/mol. The molecule has 1 amide bonds. The summed E-state index contributed by atoms with van der Waals surface area (Å²) < 4.78 is 28.2. The van der Waals surface area contributed by atoms with Gasteiger partial charge in [-0.3, -0.25) is 4.79 Å². The summed E-state index contributed by atoms with van der Waals surface area (Å²) in [4.78, 5) is 20.3. The van der Waals surface area contributed by atoms with Gasteiger partial charge in [-0.1, -0.05) is 22.0 Å². The molecule has 0 saturated carbocycles. The Balaban J connectivity index is 1.70. The Bertz CT molecular complexity index is 736. The Morgan fingerprint density at radius 2 is 1.75 bits per heavy atom. The third-order valence-electron chi connectivity index (χ3n) is 4.01. The van der Waals surface area contributed by atoms with Gasteiger partial charge in [-0.2, -0.15) is 0 Å². The number of anilines is 1. The highest BCUT2D eigenvalue weighted by Gasteiger charge is 2.27. The maximum Gasteiger partial charge on any atom is 0.259 e. The molecule has 1 aromatic carbocycles. The number of halogens is 3. The molecule has 0 bridgehead atoms. The molecule has 0 aliphatic carbocycles. The van der Waals surface area contributed by atoms with E-state index in [9.17, 15) is 13.6 Å². The van der Waals surface area contributed by atoms with E-state index >= 15 is 0 Å². The molecule has 0 unspecified atom stereocenters. The van der Waals surface area contributed by atoms with Gasteiger partial charge in [0.25, 0.3) is 5.91 Å². The van der Waals surface area contributed by atoms with Gasteiger partial charge in [0, 0.05) is 36.8 Å². The van der Waals surface area contributed by atoms with E-state index in [1.54, 1.807) is 6.20 Å². The standard InChI is InChI=1S/C17H16BrF2N3O/c1-11-2-3-15(21-10-11)22-4-6-23(7-5-22)17(24)16-13(19)8-12(18)9-14(16)20/h2-3,8-10H,4-7H2,1H3. The van der Waals surface area contributed by atoms with Crippen LogP contribution in [0.5, 0.6) is 0 Å². The van der Waals surface area contributed by atoms with E-state index < -0.39 is 23.1 Å². The summed E-state index contributed by atoms with van der Waals surface area (Å²) in [7, 11) is 0. The van der Waals surface area contributed by atoms with Crippen LogP contribution in [0.2, 0.25) is 0 Å². The molecule has 1 saturated heterocycles. The van der Waals surface area contributed by atoms with Crippen molar-refractivity contribution in [2.45, 2.75) is 6.92 Å². The van der Waals surface area contributed by atoms with Gasteiger partial charge in [0.15, 0.2) is 0 Å². The van der Waals surface area contributed by atoms with Crippen molar-refractivity contribution in [3.63, 3.8) is 0 Å². The van der Waals surface area contributed by atoms with Crippen molar-refractivity contribution in [1.82, 2.24) is 9.88 Å². The van der Waals surface area contributed by atoms with Gasteiger partial charge in [0.1, 0.15) is 23.0 Å². The summed E-state index contributed by atoms with van der Waals surface area (Å²) in [5, 5.41) is 0. The Labute approximate surface area is 147 Å². The number of aromatic nitrogens is 1. The van der Waals surface area contributed by atoms with Crippen LogP contribution in [-0.4, -0.2) is 42.0 Å². The lowest BCUT2D eigenvalue weighted by atomic mass is 10.1. The van der Waals surface area contributed by atoms with Crippen LogP contribution in [0.25, 0.3) is 0 Å². The molecule has 3 rings (SSSR count). The van der Waals surface area contributed by atoms with E-state index in [1.807, 2.05) is 19.1 Å². The number of amides is 1. The van der Waals surface area contributed by atoms with E-state index in [-0.39, 0.29) is 4.47 Å². The first-order valence-electron chi connectivity index (χ1n) is 7.57. The number of rotatable bonds is 2. The van der Waals surface area contributed by atoms with Crippen LogP contribution in [0.4, 0.5) is 14.6 Å². The first-order chi connectivity index (χ1) is 11.5. The minimum Gasteiger partial charge on any atom is -0.353 e. The number of nitrogens with zero attached hydrogens (tertiary/aromatic N) is 3. The van der Waals surface area contributed by atoms with E-state index in [0.717, 1.165) is 23.5 Å². The second kappa shape index (κ2) is 6.84. The number of hydrogen-bond acceptors (Lipinski definition) is 3. The highest BCUT2D eigenvalue weighted by Crippen LogP contribution is 2.22. The fraction of sp³-hybridized carbons (Fsp3) is 0.294.